The van der Waals surface area contributed by atoms with Crippen LogP contribution in [0.25, 0.3) is 0 Å². The zero-order chi connectivity index (χ0) is 45.5. The summed E-state index contributed by atoms with van der Waals surface area (Å²) in [6.07, 6.45) is 3.35. The lowest BCUT2D eigenvalue weighted by Crippen LogP contribution is -2.63. The molecule has 2 aliphatic heterocycles. The maximum atomic E-state index is 12.5. The topological polar surface area (TPSA) is 258 Å². The van der Waals surface area contributed by atoms with E-state index in [1.165, 1.54) is 34.6 Å². The van der Waals surface area contributed by atoms with Crippen molar-refractivity contribution in [2.24, 2.45) is 17.6 Å². The van der Waals surface area contributed by atoms with E-state index in [0.29, 0.717) is 39.1 Å². The van der Waals surface area contributed by atoms with Crippen LogP contribution in [0.4, 0.5) is 0 Å². The number of nitrogens with two attached hydrogens (primary N) is 1. The Morgan fingerprint density at radius 3 is 1.54 bits per heavy atom. The van der Waals surface area contributed by atoms with Gasteiger partial charge in [-0.15, -0.1) is 0 Å². The van der Waals surface area contributed by atoms with Gasteiger partial charge >= 0.3 is 17.9 Å². The molecule has 11 atom stereocenters. The van der Waals surface area contributed by atoms with Gasteiger partial charge in [0.05, 0.1) is 12.1 Å². The first kappa shape index (κ1) is 53.2. The number of nitrogens with one attached hydrogen (secondary N) is 4. The Balaban J connectivity index is 1.60. The molecule has 6 N–H and O–H groups in total. The van der Waals surface area contributed by atoms with Crippen LogP contribution in [-0.4, -0.2) is 130 Å². The fraction of sp³-hybridized carbons (Fsp3) is 0.833. The number of unbranched alkanes of at least 4 members (excludes halogenated alkanes) is 6. The summed E-state index contributed by atoms with van der Waals surface area (Å²) in [7, 11) is 0. The largest absolute Gasteiger partial charge is 0.463 e. The summed E-state index contributed by atoms with van der Waals surface area (Å²) in [5.41, 5.74) is 6.04. The maximum Gasteiger partial charge on any atom is 0.302 e. The monoisotopic (exact) mass is 872 g/mol. The van der Waals surface area contributed by atoms with Crippen LogP contribution in [0.5, 0.6) is 0 Å². The van der Waals surface area contributed by atoms with E-state index in [-0.39, 0.29) is 55.1 Å². The summed E-state index contributed by atoms with van der Waals surface area (Å²) in [5, 5.41) is 11.3. The highest BCUT2D eigenvalue weighted by molar-refractivity contribution is 5.83. The van der Waals surface area contributed by atoms with Crippen molar-refractivity contribution in [3.63, 3.8) is 0 Å². The fourth-order valence-electron chi connectivity index (χ4n) is 7.44. The Bertz CT molecular complexity index is 1400. The third-order valence-electron chi connectivity index (χ3n) is 10.7. The minimum Gasteiger partial charge on any atom is -0.463 e. The van der Waals surface area contributed by atoms with Gasteiger partial charge in [0.1, 0.15) is 37.0 Å². The molecule has 19 nitrogen and oxygen atoms in total. The van der Waals surface area contributed by atoms with E-state index >= 15 is 0 Å². The molecule has 2 heterocycles. The molecular formula is C42H73N5O14. The van der Waals surface area contributed by atoms with Crippen molar-refractivity contribution in [2.45, 2.75) is 181 Å². The van der Waals surface area contributed by atoms with Gasteiger partial charge in [0.2, 0.25) is 23.6 Å². The van der Waals surface area contributed by atoms with Gasteiger partial charge in [-0.3, -0.25) is 33.6 Å². The Morgan fingerprint density at radius 2 is 1.08 bits per heavy atom. The summed E-state index contributed by atoms with van der Waals surface area (Å²) in [6, 6.07) is -2.19. The van der Waals surface area contributed by atoms with Crippen LogP contribution in [0.15, 0.2) is 0 Å². The number of ether oxygens (including phenoxy) is 7. The highest BCUT2D eigenvalue weighted by Gasteiger charge is 2.48. The van der Waals surface area contributed by atoms with Crippen molar-refractivity contribution in [3.05, 3.63) is 0 Å². The molecule has 0 radical (unpaired) electrons. The molecule has 19 heteroatoms. The first-order valence-electron chi connectivity index (χ1n) is 21.8. The van der Waals surface area contributed by atoms with Crippen molar-refractivity contribution < 1.29 is 66.7 Å². The molecule has 0 aromatic heterocycles. The summed E-state index contributed by atoms with van der Waals surface area (Å²) >= 11 is 0. The number of hydrogen-bond acceptors (Lipinski definition) is 15. The van der Waals surface area contributed by atoms with E-state index in [2.05, 4.69) is 21.3 Å². The first-order valence-corrected chi connectivity index (χ1v) is 21.8. The standard InChI is InChI=1S/C42H73N5O14/c1-9-33-25(2)38(58-30(7)51)36(46-27(4)48)41(60-33)55-22-17-13-11-15-21-45-40(54)32(43)18-19-35(53)44-20-14-10-12-16-23-56-42-37(47-28(5)49)39(59-31(8)52)26(3)34(61-42)24-57-29(6)50/h25-26,32-34,36-39,41-42H,9-24,43H2,1-8H3,(H,44,53)(H,45,54)(H,46,48)(H,47,49)/t25-,26-,32-,33+,34+,36+,37+,38-,39-,41+,42+/m0/s1. The molecule has 0 saturated carbocycles. The number of hydrogen-bond donors (Lipinski definition) is 5. The smallest absolute Gasteiger partial charge is 0.302 e. The van der Waals surface area contributed by atoms with Gasteiger partial charge in [-0.1, -0.05) is 46.5 Å². The molecule has 0 aromatic rings. The molecule has 61 heavy (non-hydrogen) atoms. The minimum absolute atomic E-state index is 0.0588. The SMILES string of the molecule is CC[C@H]1O[C@@H](OCCCCCCNC(=O)[C@@H](N)CCC(=O)NCCCCCCO[C@@H]2O[C@H](COC(C)=O)[C@H](C)[C@H](OC(C)=O)[C@H]2NC(C)=O)[C@H](NC(C)=O)[C@@H](OC(C)=O)[C@H]1C. The zero-order valence-electron chi connectivity index (χ0n) is 37.5. The predicted octanol–water partition coefficient (Wildman–Crippen LogP) is 2.05. The van der Waals surface area contributed by atoms with Crippen LogP contribution in [0.3, 0.4) is 0 Å². The van der Waals surface area contributed by atoms with Crippen LogP contribution in [-0.2, 0) is 66.7 Å². The molecular weight excluding hydrogens is 798 g/mol. The van der Waals surface area contributed by atoms with E-state index in [0.717, 1.165) is 44.9 Å². The molecule has 0 aromatic carbocycles. The molecule has 2 fully saturated rings. The van der Waals surface area contributed by atoms with Crippen molar-refractivity contribution >= 4 is 41.5 Å². The van der Waals surface area contributed by atoms with Gasteiger partial charge in [0, 0.05) is 79.2 Å². The van der Waals surface area contributed by atoms with E-state index < -0.39 is 72.8 Å². The second kappa shape index (κ2) is 28.6. The van der Waals surface area contributed by atoms with Crippen LogP contribution in [0, 0.1) is 11.8 Å². The van der Waals surface area contributed by atoms with Gasteiger partial charge in [-0.2, -0.15) is 0 Å². The Morgan fingerprint density at radius 1 is 0.623 bits per heavy atom. The Kier molecular flexibility index (Phi) is 25.0. The molecule has 350 valence electrons. The van der Waals surface area contributed by atoms with Crippen molar-refractivity contribution in [3.8, 4) is 0 Å². The molecule has 0 spiro atoms. The lowest BCUT2D eigenvalue weighted by molar-refractivity contribution is -0.260. The van der Waals surface area contributed by atoms with Gasteiger partial charge in [-0.05, 0) is 38.5 Å². The van der Waals surface area contributed by atoms with Crippen LogP contribution in [0.1, 0.15) is 126 Å². The molecule has 0 bridgehead atoms. The third kappa shape index (κ3) is 20.2. The number of carbonyl (C=O) groups is 7. The lowest BCUT2D eigenvalue weighted by atomic mass is 9.87. The summed E-state index contributed by atoms with van der Waals surface area (Å²) < 4.78 is 40.5. The predicted molar refractivity (Wildman–Crippen MR) is 221 cm³/mol. The Labute approximate surface area is 360 Å². The van der Waals surface area contributed by atoms with Gasteiger partial charge in [-0.25, -0.2) is 0 Å². The van der Waals surface area contributed by atoms with Gasteiger partial charge in [0.25, 0.3) is 0 Å². The van der Waals surface area contributed by atoms with E-state index in [9.17, 15) is 33.6 Å². The summed E-state index contributed by atoms with van der Waals surface area (Å²) in [6.45, 7) is 13.9. The van der Waals surface area contributed by atoms with Crippen LogP contribution in [0.2, 0.25) is 0 Å². The van der Waals surface area contributed by atoms with Crippen molar-refractivity contribution in [1.82, 2.24) is 21.3 Å². The van der Waals surface area contributed by atoms with Crippen molar-refractivity contribution in [2.75, 3.05) is 32.9 Å². The quantitative estimate of drug-likeness (QED) is 0.0450. The number of esters is 3. The fourth-order valence-corrected chi connectivity index (χ4v) is 7.44. The minimum atomic E-state index is -0.936. The van der Waals surface area contributed by atoms with E-state index in [1.807, 2.05) is 13.8 Å². The number of carbonyl (C=O) groups excluding carboxylic acids is 7. The van der Waals surface area contributed by atoms with E-state index in [4.69, 9.17) is 38.9 Å². The maximum absolute atomic E-state index is 12.5. The van der Waals surface area contributed by atoms with E-state index in [1.54, 1.807) is 6.92 Å². The second-order valence-corrected chi connectivity index (χ2v) is 16.0. The van der Waals surface area contributed by atoms with Gasteiger partial charge in [0.15, 0.2) is 12.6 Å². The molecule has 0 aliphatic carbocycles. The Hall–Kier alpha value is -3.91. The zero-order valence-corrected chi connectivity index (χ0v) is 37.5. The first-order chi connectivity index (χ1) is 28.9. The highest BCUT2D eigenvalue weighted by Crippen LogP contribution is 2.32. The number of amides is 4. The highest BCUT2D eigenvalue weighted by atomic mass is 16.7. The molecule has 2 aliphatic rings. The average molecular weight is 872 g/mol. The van der Waals surface area contributed by atoms with Crippen LogP contribution >= 0.6 is 0 Å². The normalized spacial score (nSPS) is 26.6. The second-order valence-electron chi connectivity index (χ2n) is 16.0. The van der Waals surface area contributed by atoms with Crippen LogP contribution < -0.4 is 27.0 Å². The lowest BCUT2D eigenvalue weighted by Gasteiger charge is -2.44. The average Bonchev–Trinajstić information content (AvgIpc) is 3.18. The summed E-state index contributed by atoms with van der Waals surface area (Å²) in [5.74, 6) is -3.06. The van der Waals surface area contributed by atoms with Crippen molar-refractivity contribution in [1.29, 1.82) is 0 Å². The third-order valence-corrected chi connectivity index (χ3v) is 10.7. The molecule has 4 amide bonds. The summed E-state index contributed by atoms with van der Waals surface area (Å²) in [4.78, 5) is 83.9. The number of rotatable bonds is 27. The molecule has 0 unspecified atom stereocenters. The molecule has 2 rings (SSSR count). The molecule has 2 saturated heterocycles. The van der Waals surface area contributed by atoms with Gasteiger partial charge < -0.3 is 60.2 Å².